The van der Waals surface area contributed by atoms with Crippen LogP contribution >= 0.6 is 11.6 Å². The van der Waals surface area contributed by atoms with E-state index in [9.17, 15) is 14.4 Å². The smallest absolute Gasteiger partial charge is 0.335 e. The second-order valence-electron chi connectivity index (χ2n) is 8.01. The van der Waals surface area contributed by atoms with Gasteiger partial charge >= 0.3 is 6.03 Å². The molecular weight excluding hydrogens is 466 g/mol. The van der Waals surface area contributed by atoms with Crippen LogP contribution in [0.1, 0.15) is 11.1 Å². The molecule has 5 rings (SSSR count). The van der Waals surface area contributed by atoms with Crippen molar-refractivity contribution in [3.05, 3.63) is 101 Å². The number of carbonyl (C=O) groups excluding carboxylic acids is 3. The van der Waals surface area contributed by atoms with Crippen LogP contribution in [-0.2, 0) is 16.1 Å². The topological polar surface area (TPSA) is 80.6 Å². The van der Waals surface area contributed by atoms with Gasteiger partial charge in [-0.15, -0.1) is 0 Å². The number of rotatable bonds is 5. The van der Waals surface area contributed by atoms with E-state index >= 15 is 0 Å². The predicted octanol–water partition coefficient (Wildman–Crippen LogP) is 5.02. The Bertz CT molecular complexity index is 1490. The summed E-state index contributed by atoms with van der Waals surface area (Å²) in [5, 5.41) is 3.80. The number of ether oxygens (including phenoxy) is 1. The number of hydrogen-bond acceptors (Lipinski definition) is 4. The molecule has 4 amide bonds. The van der Waals surface area contributed by atoms with Crippen molar-refractivity contribution in [2.75, 3.05) is 12.0 Å². The highest BCUT2D eigenvalue weighted by atomic mass is 35.5. The Hall–Kier alpha value is -4.36. The van der Waals surface area contributed by atoms with Crippen molar-refractivity contribution in [3.63, 3.8) is 0 Å². The van der Waals surface area contributed by atoms with Gasteiger partial charge < -0.3 is 9.30 Å². The number of benzene rings is 3. The van der Waals surface area contributed by atoms with Crippen LogP contribution in [0.25, 0.3) is 17.0 Å². The molecular formula is C27H20ClN3O4. The molecule has 4 aromatic rings. The molecule has 0 spiro atoms. The van der Waals surface area contributed by atoms with Crippen molar-refractivity contribution >= 4 is 52.1 Å². The number of aromatic nitrogens is 1. The molecule has 0 atom stereocenters. The first-order valence-corrected chi connectivity index (χ1v) is 11.2. The summed E-state index contributed by atoms with van der Waals surface area (Å²) in [7, 11) is 1.52. The Labute approximate surface area is 206 Å². The van der Waals surface area contributed by atoms with Crippen molar-refractivity contribution in [3.8, 4) is 5.75 Å². The summed E-state index contributed by atoms with van der Waals surface area (Å²) in [6.07, 6.45) is 3.42. The van der Waals surface area contributed by atoms with Gasteiger partial charge in [0.15, 0.2) is 0 Å². The third kappa shape index (κ3) is 4.29. The molecule has 174 valence electrons. The number of barbiturate groups is 1. The molecule has 3 aromatic carbocycles. The van der Waals surface area contributed by atoms with Crippen LogP contribution in [0.15, 0.2) is 84.6 Å². The summed E-state index contributed by atoms with van der Waals surface area (Å²) in [6.45, 7) is 0.581. The molecule has 1 saturated heterocycles. The minimum atomic E-state index is -0.799. The van der Waals surface area contributed by atoms with Crippen LogP contribution in [0.5, 0.6) is 5.75 Å². The number of halogens is 1. The molecule has 0 unspecified atom stereocenters. The second-order valence-corrected chi connectivity index (χ2v) is 8.45. The van der Waals surface area contributed by atoms with Gasteiger partial charge in [0.2, 0.25) is 0 Å². The summed E-state index contributed by atoms with van der Waals surface area (Å²) >= 11 is 6.01. The number of carbonyl (C=O) groups is 3. The number of methoxy groups -OCH3 is 1. The largest absolute Gasteiger partial charge is 0.497 e. The molecule has 1 aliphatic heterocycles. The van der Waals surface area contributed by atoms with Crippen LogP contribution in [0.4, 0.5) is 10.5 Å². The van der Waals surface area contributed by atoms with Gasteiger partial charge in [-0.25, -0.2) is 9.69 Å². The maximum atomic E-state index is 13.3. The number of fused-ring (bicyclic) bond motifs is 1. The van der Waals surface area contributed by atoms with Gasteiger partial charge in [-0.1, -0.05) is 41.9 Å². The number of para-hydroxylation sites is 1. The summed E-state index contributed by atoms with van der Waals surface area (Å²) in [6, 6.07) is 20.9. The van der Waals surface area contributed by atoms with Gasteiger partial charge in [-0.05, 0) is 54.1 Å². The average molecular weight is 486 g/mol. The minimum absolute atomic E-state index is 0.130. The molecule has 0 saturated carbocycles. The van der Waals surface area contributed by atoms with Crippen molar-refractivity contribution in [2.24, 2.45) is 0 Å². The standard InChI is InChI=1S/C27H20ClN3O4/c1-35-21-12-10-20(11-13-21)31-26(33)23(25(32)29-27(31)34)14-18-16-30(24-5-3-2-4-22(18)24)15-17-6-8-19(28)9-7-17/h2-14,16H,15H2,1H3,(H,29,32,34)/b23-14+. The van der Waals surface area contributed by atoms with Gasteiger partial charge in [0.25, 0.3) is 11.8 Å². The maximum Gasteiger partial charge on any atom is 0.335 e. The van der Waals surface area contributed by atoms with E-state index in [0.29, 0.717) is 28.6 Å². The Morgan fingerprint density at radius 1 is 0.943 bits per heavy atom. The molecule has 1 aliphatic rings. The molecule has 1 aromatic heterocycles. The zero-order chi connectivity index (χ0) is 24.5. The van der Waals surface area contributed by atoms with Gasteiger partial charge in [0.05, 0.1) is 12.8 Å². The molecule has 1 N–H and O–H groups in total. The lowest BCUT2D eigenvalue weighted by Gasteiger charge is -2.26. The Kier molecular flexibility index (Phi) is 5.84. The second kappa shape index (κ2) is 9.12. The first kappa shape index (κ1) is 22.4. The number of imide groups is 2. The Morgan fingerprint density at radius 3 is 2.37 bits per heavy atom. The number of urea groups is 1. The molecule has 0 radical (unpaired) electrons. The maximum absolute atomic E-state index is 13.3. The fourth-order valence-corrected chi connectivity index (χ4v) is 4.21. The van der Waals surface area contributed by atoms with E-state index in [1.807, 2.05) is 59.3 Å². The van der Waals surface area contributed by atoms with Crippen molar-refractivity contribution < 1.29 is 19.1 Å². The fraction of sp³-hybridized carbons (Fsp3) is 0.0741. The summed E-state index contributed by atoms with van der Waals surface area (Å²) in [5.74, 6) is -0.850. The van der Waals surface area contributed by atoms with E-state index in [4.69, 9.17) is 16.3 Å². The number of anilines is 1. The number of hydrogen-bond donors (Lipinski definition) is 1. The molecule has 8 heteroatoms. The third-order valence-electron chi connectivity index (χ3n) is 5.82. The molecule has 35 heavy (non-hydrogen) atoms. The average Bonchev–Trinajstić information content (AvgIpc) is 3.20. The molecule has 1 fully saturated rings. The van der Waals surface area contributed by atoms with E-state index in [1.165, 1.54) is 13.2 Å². The number of nitrogens with one attached hydrogen (secondary N) is 1. The molecule has 0 aliphatic carbocycles. The lowest BCUT2D eigenvalue weighted by molar-refractivity contribution is -0.122. The van der Waals surface area contributed by atoms with Crippen LogP contribution in [-0.4, -0.2) is 29.5 Å². The van der Waals surface area contributed by atoms with Crippen LogP contribution in [0, 0.1) is 0 Å². The Balaban J connectivity index is 1.54. The Morgan fingerprint density at radius 2 is 1.66 bits per heavy atom. The predicted molar refractivity (Wildman–Crippen MR) is 134 cm³/mol. The van der Waals surface area contributed by atoms with Crippen molar-refractivity contribution in [1.82, 2.24) is 9.88 Å². The summed E-state index contributed by atoms with van der Waals surface area (Å²) < 4.78 is 7.18. The molecule has 0 bridgehead atoms. The van der Waals surface area contributed by atoms with Crippen LogP contribution in [0.3, 0.4) is 0 Å². The van der Waals surface area contributed by atoms with E-state index < -0.39 is 17.8 Å². The normalized spacial score (nSPS) is 15.1. The highest BCUT2D eigenvalue weighted by Gasteiger charge is 2.37. The SMILES string of the molecule is COc1ccc(N2C(=O)NC(=O)/C(=C\c3cn(Cc4ccc(Cl)cc4)c4ccccc34)C2=O)cc1. The van der Waals surface area contributed by atoms with Crippen molar-refractivity contribution in [2.45, 2.75) is 6.54 Å². The lowest BCUT2D eigenvalue weighted by atomic mass is 10.1. The third-order valence-corrected chi connectivity index (χ3v) is 6.07. The molecule has 7 nitrogen and oxygen atoms in total. The van der Waals surface area contributed by atoms with E-state index in [0.717, 1.165) is 21.4 Å². The van der Waals surface area contributed by atoms with Gasteiger partial charge in [-0.2, -0.15) is 0 Å². The van der Waals surface area contributed by atoms with Gasteiger partial charge in [0.1, 0.15) is 11.3 Å². The van der Waals surface area contributed by atoms with E-state index in [2.05, 4.69) is 5.32 Å². The zero-order valence-corrected chi connectivity index (χ0v) is 19.5. The summed E-state index contributed by atoms with van der Waals surface area (Å²) in [4.78, 5) is 39.4. The van der Waals surface area contributed by atoms with Crippen LogP contribution in [0.2, 0.25) is 5.02 Å². The van der Waals surface area contributed by atoms with Gasteiger partial charge in [-0.3, -0.25) is 14.9 Å². The first-order chi connectivity index (χ1) is 16.9. The van der Waals surface area contributed by atoms with Crippen molar-refractivity contribution in [1.29, 1.82) is 0 Å². The monoisotopic (exact) mass is 485 g/mol. The number of amides is 4. The van der Waals surface area contributed by atoms with Crippen LogP contribution < -0.4 is 15.0 Å². The van der Waals surface area contributed by atoms with E-state index in [1.54, 1.807) is 24.3 Å². The highest BCUT2D eigenvalue weighted by Crippen LogP contribution is 2.28. The van der Waals surface area contributed by atoms with E-state index in [-0.39, 0.29) is 5.57 Å². The first-order valence-electron chi connectivity index (χ1n) is 10.8. The minimum Gasteiger partial charge on any atom is -0.497 e. The van der Waals surface area contributed by atoms with Gasteiger partial charge in [0, 0.05) is 34.2 Å². The highest BCUT2D eigenvalue weighted by molar-refractivity contribution is 6.39. The quantitative estimate of drug-likeness (QED) is 0.318. The lowest BCUT2D eigenvalue weighted by Crippen LogP contribution is -2.54. The summed E-state index contributed by atoms with van der Waals surface area (Å²) in [5.41, 5.74) is 2.89. The number of nitrogens with zero attached hydrogens (tertiary/aromatic N) is 2. The zero-order valence-electron chi connectivity index (χ0n) is 18.7. The fourth-order valence-electron chi connectivity index (χ4n) is 4.09. The molecule has 2 heterocycles.